The fourth-order valence-corrected chi connectivity index (χ4v) is 2.11. The predicted molar refractivity (Wildman–Crippen MR) is 85.0 cm³/mol. The number of hydrogen-bond donors (Lipinski definition) is 2. The highest BCUT2D eigenvalue weighted by molar-refractivity contribution is 5.93. The minimum atomic E-state index is -0.501. The summed E-state index contributed by atoms with van der Waals surface area (Å²) in [5.41, 5.74) is 8.46. The van der Waals surface area contributed by atoms with Crippen molar-refractivity contribution in [3.8, 4) is 5.75 Å². The van der Waals surface area contributed by atoms with Crippen molar-refractivity contribution in [1.29, 1.82) is 0 Å². The summed E-state index contributed by atoms with van der Waals surface area (Å²) in [7, 11) is 0. The lowest BCUT2D eigenvalue weighted by molar-refractivity contribution is -0.118. The number of ether oxygens (including phenoxy) is 1. The zero-order valence-electron chi connectivity index (χ0n) is 12.6. The maximum absolute atomic E-state index is 11.9. The number of nitrogens with two attached hydrogens (primary N) is 1. The number of amides is 2. The summed E-state index contributed by atoms with van der Waals surface area (Å²) in [6.07, 6.45) is 0. The molecule has 2 rings (SSSR count). The minimum Gasteiger partial charge on any atom is -0.484 e. The molecule has 0 radical (unpaired) electrons. The Labute approximate surface area is 129 Å². The average molecular weight is 298 g/mol. The molecule has 0 unspecified atom stereocenters. The monoisotopic (exact) mass is 298 g/mol. The van der Waals surface area contributed by atoms with Crippen molar-refractivity contribution in [2.24, 2.45) is 5.73 Å². The van der Waals surface area contributed by atoms with Gasteiger partial charge in [0.25, 0.3) is 5.91 Å². The molecule has 0 heterocycles. The van der Waals surface area contributed by atoms with Gasteiger partial charge in [0, 0.05) is 11.3 Å². The zero-order chi connectivity index (χ0) is 16.1. The first-order valence-electron chi connectivity index (χ1n) is 6.85. The van der Waals surface area contributed by atoms with E-state index in [1.54, 1.807) is 24.3 Å². The van der Waals surface area contributed by atoms with Crippen LogP contribution in [0.5, 0.6) is 5.75 Å². The molecule has 0 saturated heterocycles. The lowest BCUT2D eigenvalue weighted by Crippen LogP contribution is -2.20. The van der Waals surface area contributed by atoms with Gasteiger partial charge in [0.2, 0.25) is 5.91 Å². The summed E-state index contributed by atoms with van der Waals surface area (Å²) in [4.78, 5) is 22.8. The molecule has 0 aromatic heterocycles. The van der Waals surface area contributed by atoms with Gasteiger partial charge in [-0.05, 0) is 61.4 Å². The van der Waals surface area contributed by atoms with E-state index in [1.165, 1.54) is 0 Å². The molecule has 2 amide bonds. The number of anilines is 1. The van der Waals surface area contributed by atoms with Crippen LogP contribution in [0.3, 0.4) is 0 Å². The predicted octanol–water partition coefficient (Wildman–Crippen LogP) is 2.42. The largest absolute Gasteiger partial charge is 0.484 e. The van der Waals surface area contributed by atoms with E-state index in [0.717, 1.165) is 16.8 Å². The Bertz CT molecular complexity index is 673. The molecule has 0 aliphatic carbocycles. The summed E-state index contributed by atoms with van der Waals surface area (Å²) in [5.74, 6) is -0.247. The number of carbonyl (C=O) groups excluding carboxylic acids is 2. The Hall–Kier alpha value is -2.82. The van der Waals surface area contributed by atoms with Gasteiger partial charge in [0.05, 0.1) is 0 Å². The highest BCUT2D eigenvalue weighted by Gasteiger charge is 2.05. The van der Waals surface area contributed by atoms with Crippen molar-refractivity contribution >= 4 is 17.5 Å². The van der Waals surface area contributed by atoms with Gasteiger partial charge in [-0.2, -0.15) is 0 Å². The first-order chi connectivity index (χ1) is 10.4. The Morgan fingerprint density at radius 3 is 2.18 bits per heavy atom. The molecule has 22 heavy (non-hydrogen) atoms. The second-order valence-corrected chi connectivity index (χ2v) is 5.10. The Morgan fingerprint density at radius 2 is 1.64 bits per heavy atom. The first kappa shape index (κ1) is 15.6. The van der Waals surface area contributed by atoms with Crippen LogP contribution in [0.4, 0.5) is 5.69 Å². The summed E-state index contributed by atoms with van der Waals surface area (Å²) >= 11 is 0. The van der Waals surface area contributed by atoms with Crippen molar-refractivity contribution in [3.63, 3.8) is 0 Å². The van der Waals surface area contributed by atoms with Crippen LogP contribution in [0.2, 0.25) is 0 Å². The molecule has 0 aliphatic rings. The fraction of sp³-hybridized carbons (Fsp3) is 0.176. The Balaban J connectivity index is 1.91. The fourth-order valence-electron chi connectivity index (χ4n) is 2.11. The second kappa shape index (κ2) is 6.76. The van der Waals surface area contributed by atoms with E-state index in [2.05, 4.69) is 5.32 Å². The second-order valence-electron chi connectivity index (χ2n) is 5.10. The van der Waals surface area contributed by atoms with Crippen molar-refractivity contribution in [2.45, 2.75) is 13.8 Å². The summed E-state index contributed by atoms with van der Waals surface area (Å²) in [6, 6.07) is 12.1. The molecule has 0 spiro atoms. The van der Waals surface area contributed by atoms with Crippen LogP contribution in [0, 0.1) is 13.8 Å². The molecule has 0 aliphatic heterocycles. The van der Waals surface area contributed by atoms with Gasteiger partial charge in [0.15, 0.2) is 6.61 Å². The molecule has 5 nitrogen and oxygen atoms in total. The molecule has 3 N–H and O–H groups in total. The third-order valence-electron chi connectivity index (χ3n) is 3.01. The van der Waals surface area contributed by atoms with Crippen molar-refractivity contribution in [2.75, 3.05) is 11.9 Å². The van der Waals surface area contributed by atoms with E-state index in [4.69, 9.17) is 10.5 Å². The van der Waals surface area contributed by atoms with Gasteiger partial charge in [-0.1, -0.05) is 6.07 Å². The number of rotatable bonds is 5. The summed E-state index contributed by atoms with van der Waals surface area (Å²) < 4.78 is 5.37. The first-order valence-corrected chi connectivity index (χ1v) is 6.85. The molecule has 0 bridgehead atoms. The maximum atomic E-state index is 11.9. The molecule has 0 fully saturated rings. The molecule has 2 aromatic rings. The van der Waals surface area contributed by atoms with Crippen LogP contribution in [-0.4, -0.2) is 18.4 Å². The lowest BCUT2D eigenvalue weighted by Gasteiger charge is -2.09. The van der Waals surface area contributed by atoms with E-state index >= 15 is 0 Å². The van der Waals surface area contributed by atoms with Gasteiger partial charge in [0.1, 0.15) is 5.75 Å². The quantitative estimate of drug-likeness (QED) is 0.889. The Morgan fingerprint density at radius 1 is 1.05 bits per heavy atom. The number of primary amides is 1. The van der Waals surface area contributed by atoms with Crippen LogP contribution in [0.25, 0.3) is 0 Å². The van der Waals surface area contributed by atoms with Crippen LogP contribution in [0.15, 0.2) is 42.5 Å². The minimum absolute atomic E-state index is 0.108. The topological polar surface area (TPSA) is 81.4 Å². The van der Waals surface area contributed by atoms with Crippen LogP contribution >= 0.6 is 0 Å². The third-order valence-corrected chi connectivity index (χ3v) is 3.01. The third kappa shape index (κ3) is 4.34. The van der Waals surface area contributed by atoms with Gasteiger partial charge in [-0.15, -0.1) is 0 Å². The van der Waals surface area contributed by atoms with Crippen LogP contribution in [0.1, 0.15) is 21.5 Å². The lowest BCUT2D eigenvalue weighted by atomic mass is 10.1. The van der Waals surface area contributed by atoms with Crippen molar-refractivity contribution in [1.82, 2.24) is 0 Å². The number of hydrogen-bond acceptors (Lipinski definition) is 3. The highest BCUT2D eigenvalue weighted by Crippen LogP contribution is 2.14. The molecular formula is C17H18N2O3. The van der Waals surface area contributed by atoms with Gasteiger partial charge in [-0.25, -0.2) is 0 Å². The molecule has 114 valence electrons. The van der Waals surface area contributed by atoms with Gasteiger partial charge in [-0.3, -0.25) is 9.59 Å². The van der Waals surface area contributed by atoms with E-state index in [1.807, 2.05) is 32.0 Å². The highest BCUT2D eigenvalue weighted by atomic mass is 16.5. The molecule has 0 saturated carbocycles. The number of benzene rings is 2. The van der Waals surface area contributed by atoms with Gasteiger partial charge < -0.3 is 15.8 Å². The van der Waals surface area contributed by atoms with E-state index in [-0.39, 0.29) is 12.5 Å². The zero-order valence-corrected chi connectivity index (χ0v) is 12.6. The van der Waals surface area contributed by atoms with Crippen molar-refractivity contribution in [3.05, 3.63) is 59.2 Å². The Kier molecular flexibility index (Phi) is 4.78. The van der Waals surface area contributed by atoms with Crippen molar-refractivity contribution < 1.29 is 14.3 Å². The summed E-state index contributed by atoms with van der Waals surface area (Å²) in [5, 5.41) is 2.79. The number of aryl methyl sites for hydroxylation is 2. The number of nitrogens with one attached hydrogen (secondary N) is 1. The van der Waals surface area contributed by atoms with E-state index < -0.39 is 5.91 Å². The smallest absolute Gasteiger partial charge is 0.262 e. The number of carbonyl (C=O) groups is 2. The molecule has 2 aromatic carbocycles. The molecular weight excluding hydrogens is 280 g/mol. The SMILES string of the molecule is Cc1cc(C)cc(NC(=O)COc2ccc(C(N)=O)cc2)c1. The summed E-state index contributed by atoms with van der Waals surface area (Å²) in [6.45, 7) is 3.84. The van der Waals surface area contributed by atoms with E-state index in [9.17, 15) is 9.59 Å². The normalized spacial score (nSPS) is 10.1. The average Bonchev–Trinajstić information content (AvgIpc) is 2.44. The van der Waals surface area contributed by atoms with Crippen LogP contribution in [-0.2, 0) is 4.79 Å². The molecule has 0 atom stereocenters. The van der Waals surface area contributed by atoms with E-state index in [0.29, 0.717) is 11.3 Å². The van der Waals surface area contributed by atoms with Gasteiger partial charge >= 0.3 is 0 Å². The molecule has 5 heteroatoms. The standard InChI is InChI=1S/C17H18N2O3/c1-11-7-12(2)9-14(8-11)19-16(20)10-22-15-5-3-13(4-6-15)17(18)21/h3-9H,10H2,1-2H3,(H2,18,21)(H,19,20). The van der Waals surface area contributed by atoms with Crippen LogP contribution < -0.4 is 15.8 Å². The maximum Gasteiger partial charge on any atom is 0.262 e.